The van der Waals surface area contributed by atoms with Crippen molar-refractivity contribution >= 4 is 22.4 Å². The van der Waals surface area contributed by atoms with Gasteiger partial charge in [-0.2, -0.15) is 18.3 Å². The second-order valence-corrected chi connectivity index (χ2v) is 13.0. The minimum Gasteiger partial charge on any atom is -0.341 e. The van der Waals surface area contributed by atoms with Crippen molar-refractivity contribution in [3.8, 4) is 10.6 Å². The van der Waals surface area contributed by atoms with Crippen LogP contribution in [0.1, 0.15) is 65.1 Å². The van der Waals surface area contributed by atoms with E-state index in [1.54, 1.807) is 0 Å². The molecule has 6 aromatic rings. The number of hydrogen-bond donors (Lipinski definition) is 2. The zero-order chi connectivity index (χ0) is 31.7. The fourth-order valence-corrected chi connectivity index (χ4v) is 7.29. The minimum absolute atomic E-state index is 0. The molecule has 11 heteroatoms. The number of nitrogens with one attached hydrogen (secondary N) is 2. The smallest absolute Gasteiger partial charge is 0.341 e. The first-order chi connectivity index (χ1) is 22.3. The maximum Gasteiger partial charge on any atom is 0.435 e. The zero-order valence-electron chi connectivity index (χ0n) is 25.4. The Balaban J connectivity index is 0.00000386. The molecule has 0 fully saturated rings. The molecule has 0 saturated heterocycles. The highest BCUT2D eigenvalue weighted by molar-refractivity contribution is 7.15. The Hall–Kier alpha value is -4.32. The summed E-state index contributed by atoms with van der Waals surface area (Å²) in [5.41, 5.74) is 6.49. The van der Waals surface area contributed by atoms with E-state index in [1.165, 1.54) is 39.9 Å². The maximum absolute atomic E-state index is 13.1. The number of pyridine rings is 1. The monoisotopic (exact) mass is 657 g/mol. The van der Waals surface area contributed by atoms with Crippen LogP contribution < -0.4 is 5.32 Å². The molecule has 4 heterocycles. The molecule has 2 aromatic carbocycles. The highest BCUT2D eigenvalue weighted by Crippen LogP contribution is 2.36. The van der Waals surface area contributed by atoms with Gasteiger partial charge >= 0.3 is 6.18 Å². The lowest BCUT2D eigenvalue weighted by Gasteiger charge is -2.34. The number of aryl methyl sites for hydroxylation is 2. The van der Waals surface area contributed by atoms with Gasteiger partial charge in [0.05, 0.1) is 39.9 Å². The summed E-state index contributed by atoms with van der Waals surface area (Å²) >= 11 is 1.47. The van der Waals surface area contributed by atoms with Crippen molar-refractivity contribution in [2.45, 2.75) is 65.1 Å². The van der Waals surface area contributed by atoms with Gasteiger partial charge in [-0.15, -0.1) is 11.3 Å². The number of H-pyrrole nitrogens is 1. The molecule has 2 N–H and O–H groups in total. The Morgan fingerprint density at radius 3 is 2.57 bits per heavy atom. The molecular formula is C36H38F3N7S. The lowest BCUT2D eigenvalue weighted by Crippen LogP contribution is -2.31. The number of rotatable bonds is 10. The van der Waals surface area contributed by atoms with Gasteiger partial charge in [-0.25, -0.2) is 4.98 Å². The maximum atomic E-state index is 13.1. The molecule has 1 aliphatic carbocycles. The van der Waals surface area contributed by atoms with Crippen LogP contribution >= 0.6 is 11.3 Å². The van der Waals surface area contributed by atoms with E-state index in [0.29, 0.717) is 25.3 Å². The molecule has 7 nitrogen and oxygen atoms in total. The van der Waals surface area contributed by atoms with Gasteiger partial charge < -0.3 is 10.3 Å². The number of halogens is 3. The summed E-state index contributed by atoms with van der Waals surface area (Å²) in [4.78, 5) is 17.5. The Kier molecular flexibility index (Phi) is 9.58. The SMILES string of the molecule is C.Cn1nc(C(F)(F)F)cc1-c1ccc(CNCc2ccc(CN(Cc3nc4ccccc4[nH]3)C3CCCc4cccnc43)cc2)s1. The second-order valence-electron chi connectivity index (χ2n) is 11.8. The summed E-state index contributed by atoms with van der Waals surface area (Å²) in [5, 5.41) is 7.10. The molecule has 47 heavy (non-hydrogen) atoms. The van der Waals surface area contributed by atoms with E-state index in [-0.39, 0.29) is 13.5 Å². The third-order valence-corrected chi connectivity index (χ3v) is 9.63. The Morgan fingerprint density at radius 1 is 0.979 bits per heavy atom. The van der Waals surface area contributed by atoms with Crippen LogP contribution in [0.2, 0.25) is 0 Å². The predicted octanol–water partition coefficient (Wildman–Crippen LogP) is 8.44. The molecule has 4 aromatic heterocycles. The van der Waals surface area contributed by atoms with Crippen molar-refractivity contribution in [1.82, 2.24) is 34.9 Å². The van der Waals surface area contributed by atoms with Crippen LogP contribution in [-0.4, -0.2) is 29.6 Å². The van der Waals surface area contributed by atoms with Gasteiger partial charge in [0, 0.05) is 37.8 Å². The molecule has 1 aliphatic rings. The summed E-state index contributed by atoms with van der Waals surface area (Å²) in [6, 6.07) is 26.2. The van der Waals surface area contributed by atoms with Gasteiger partial charge in [-0.3, -0.25) is 14.6 Å². The Bertz CT molecular complexity index is 1910. The molecule has 0 bridgehead atoms. The number of aromatic amines is 1. The first-order valence-corrected chi connectivity index (χ1v) is 16.2. The van der Waals surface area contributed by atoms with Gasteiger partial charge in [-0.05, 0) is 72.4 Å². The number of thiophene rings is 1. The molecule has 0 amide bonds. The zero-order valence-corrected chi connectivity index (χ0v) is 26.2. The summed E-state index contributed by atoms with van der Waals surface area (Å²) in [6.45, 7) is 2.76. The molecule has 0 radical (unpaired) electrons. The minimum atomic E-state index is -4.46. The van der Waals surface area contributed by atoms with Crippen LogP contribution in [0.25, 0.3) is 21.6 Å². The van der Waals surface area contributed by atoms with Gasteiger partial charge in [0.2, 0.25) is 0 Å². The first kappa shape index (κ1) is 32.6. The van der Waals surface area contributed by atoms with Crippen molar-refractivity contribution in [3.63, 3.8) is 0 Å². The average Bonchev–Trinajstić information content (AvgIpc) is 3.79. The van der Waals surface area contributed by atoms with Crippen molar-refractivity contribution in [3.05, 3.63) is 124 Å². The molecule has 1 atom stereocenters. The summed E-state index contributed by atoms with van der Waals surface area (Å²) in [6.07, 6.45) is 0.694. The van der Waals surface area contributed by atoms with E-state index in [9.17, 15) is 13.2 Å². The highest BCUT2D eigenvalue weighted by atomic mass is 32.1. The lowest BCUT2D eigenvalue weighted by atomic mass is 9.90. The second kappa shape index (κ2) is 13.8. The molecular weight excluding hydrogens is 620 g/mol. The van der Waals surface area contributed by atoms with Crippen LogP contribution in [0, 0.1) is 0 Å². The standard InChI is InChI=1S/C35H34F3N7S.CH4/c1-44-30(18-32(43-44)35(36,37)38)31-16-15-26(46-31)20-39-19-23-11-13-24(14-12-23)21-45(22-33-41-27-8-2-3-9-28(27)42-33)29-10-4-6-25-7-5-17-40-34(25)29;/h2-3,5,7-9,11-18,29,39H,4,6,10,19-22H2,1H3,(H,41,42);1H4. The Morgan fingerprint density at radius 2 is 1.79 bits per heavy atom. The van der Waals surface area contributed by atoms with E-state index in [2.05, 4.69) is 56.7 Å². The normalized spacial score (nSPS) is 14.8. The van der Waals surface area contributed by atoms with Gasteiger partial charge in [0.15, 0.2) is 5.69 Å². The number of imidazole rings is 1. The van der Waals surface area contributed by atoms with Gasteiger partial charge in [-0.1, -0.05) is 49.9 Å². The number of hydrogen-bond acceptors (Lipinski definition) is 6. The third kappa shape index (κ3) is 7.32. The van der Waals surface area contributed by atoms with Crippen LogP contribution in [0.5, 0.6) is 0 Å². The number of para-hydroxylation sites is 2. The van der Waals surface area contributed by atoms with Crippen molar-refractivity contribution in [2.24, 2.45) is 7.05 Å². The summed E-state index contributed by atoms with van der Waals surface area (Å²) in [7, 11) is 1.54. The number of alkyl halides is 3. The lowest BCUT2D eigenvalue weighted by molar-refractivity contribution is -0.141. The number of fused-ring (bicyclic) bond motifs is 2. The number of benzene rings is 2. The van der Waals surface area contributed by atoms with E-state index in [0.717, 1.165) is 64.0 Å². The van der Waals surface area contributed by atoms with Crippen molar-refractivity contribution in [1.29, 1.82) is 0 Å². The topological polar surface area (TPSA) is 74.7 Å². The summed E-state index contributed by atoms with van der Waals surface area (Å²) < 4.78 is 40.6. The molecule has 7 rings (SSSR count). The van der Waals surface area contributed by atoms with Crippen LogP contribution in [0.15, 0.2) is 85.1 Å². The Labute approximate surface area is 276 Å². The third-order valence-electron chi connectivity index (χ3n) is 8.52. The van der Waals surface area contributed by atoms with Crippen molar-refractivity contribution < 1.29 is 13.2 Å². The molecule has 0 aliphatic heterocycles. The molecule has 0 saturated carbocycles. The highest BCUT2D eigenvalue weighted by Gasteiger charge is 2.35. The van der Waals surface area contributed by atoms with Crippen molar-refractivity contribution in [2.75, 3.05) is 0 Å². The fourth-order valence-electron chi connectivity index (χ4n) is 6.26. The first-order valence-electron chi connectivity index (χ1n) is 15.4. The molecule has 0 spiro atoms. The van der Waals surface area contributed by atoms with Crippen LogP contribution in [0.4, 0.5) is 13.2 Å². The van der Waals surface area contributed by atoms with E-state index in [1.807, 2.05) is 42.6 Å². The molecule has 244 valence electrons. The molecule has 1 unspecified atom stereocenters. The van der Waals surface area contributed by atoms with Gasteiger partial charge in [0.25, 0.3) is 0 Å². The quantitative estimate of drug-likeness (QED) is 0.155. The van der Waals surface area contributed by atoms with Crippen LogP contribution in [0.3, 0.4) is 0 Å². The van der Waals surface area contributed by atoms with Crippen LogP contribution in [-0.2, 0) is 45.8 Å². The number of nitrogens with zero attached hydrogens (tertiary/aromatic N) is 5. The largest absolute Gasteiger partial charge is 0.435 e. The van der Waals surface area contributed by atoms with E-state index >= 15 is 0 Å². The van der Waals surface area contributed by atoms with E-state index < -0.39 is 11.9 Å². The fraction of sp³-hybridized carbons (Fsp3) is 0.306. The van der Waals surface area contributed by atoms with E-state index in [4.69, 9.17) is 9.97 Å². The summed E-state index contributed by atoms with van der Waals surface area (Å²) in [5.74, 6) is 0.950. The average molecular weight is 658 g/mol. The van der Waals surface area contributed by atoms with Gasteiger partial charge in [0.1, 0.15) is 5.82 Å². The predicted molar refractivity (Wildman–Crippen MR) is 180 cm³/mol. The number of aromatic nitrogens is 5.